The minimum absolute atomic E-state index is 0.0685. The van der Waals surface area contributed by atoms with Gasteiger partial charge >= 0.3 is 0 Å². The topological polar surface area (TPSA) is 57.0 Å². The Morgan fingerprint density at radius 3 is 2.50 bits per heavy atom. The smallest absolute Gasteiger partial charge is 0.257 e. The number of piperazine rings is 1. The Labute approximate surface area is 144 Å². The molecule has 0 radical (unpaired) electrons. The van der Waals surface area contributed by atoms with Gasteiger partial charge in [-0.15, -0.1) is 0 Å². The largest absolute Gasteiger partial charge is 0.472 e. The van der Waals surface area contributed by atoms with Gasteiger partial charge in [-0.1, -0.05) is 20.8 Å². The molecule has 0 aromatic carbocycles. The molecule has 6 heteroatoms. The van der Waals surface area contributed by atoms with E-state index in [0.717, 1.165) is 32.7 Å². The van der Waals surface area contributed by atoms with Crippen molar-refractivity contribution in [3.05, 3.63) is 24.2 Å². The monoisotopic (exact) mass is 335 g/mol. The molecule has 0 N–H and O–H groups in total. The predicted octanol–water partition coefficient (Wildman–Crippen LogP) is 1.93. The first-order chi connectivity index (χ1) is 11.5. The molecular weight excluding hydrogens is 306 g/mol. The van der Waals surface area contributed by atoms with Gasteiger partial charge in [0, 0.05) is 45.7 Å². The third kappa shape index (κ3) is 5.09. The van der Waals surface area contributed by atoms with Crippen molar-refractivity contribution in [3.8, 4) is 0 Å². The maximum atomic E-state index is 12.5. The summed E-state index contributed by atoms with van der Waals surface area (Å²) in [5, 5.41) is 0. The molecule has 1 fully saturated rings. The van der Waals surface area contributed by atoms with Gasteiger partial charge in [0.15, 0.2) is 0 Å². The zero-order valence-corrected chi connectivity index (χ0v) is 15.0. The van der Waals surface area contributed by atoms with E-state index in [1.54, 1.807) is 11.0 Å². The van der Waals surface area contributed by atoms with Crippen molar-refractivity contribution >= 4 is 11.8 Å². The molecule has 134 valence electrons. The van der Waals surface area contributed by atoms with Crippen LogP contribution in [0.2, 0.25) is 0 Å². The van der Waals surface area contributed by atoms with Crippen molar-refractivity contribution in [2.45, 2.75) is 27.2 Å². The molecule has 2 amide bonds. The highest BCUT2D eigenvalue weighted by Crippen LogP contribution is 2.10. The van der Waals surface area contributed by atoms with Gasteiger partial charge in [-0.3, -0.25) is 9.59 Å². The van der Waals surface area contributed by atoms with Crippen molar-refractivity contribution in [1.82, 2.24) is 14.7 Å². The van der Waals surface area contributed by atoms with E-state index in [2.05, 4.69) is 25.7 Å². The average molecular weight is 335 g/mol. The molecule has 0 atom stereocenters. The lowest BCUT2D eigenvalue weighted by molar-refractivity contribution is -0.133. The van der Waals surface area contributed by atoms with Crippen LogP contribution in [-0.4, -0.2) is 72.3 Å². The van der Waals surface area contributed by atoms with Crippen LogP contribution in [0.25, 0.3) is 0 Å². The van der Waals surface area contributed by atoms with E-state index < -0.39 is 0 Å². The van der Waals surface area contributed by atoms with E-state index in [9.17, 15) is 9.59 Å². The van der Waals surface area contributed by atoms with Crippen LogP contribution in [0.15, 0.2) is 23.0 Å². The third-order valence-electron chi connectivity index (χ3n) is 4.41. The fourth-order valence-electron chi connectivity index (χ4n) is 2.99. The molecule has 1 aliphatic rings. The van der Waals surface area contributed by atoms with Crippen LogP contribution in [0.3, 0.4) is 0 Å². The molecule has 0 aliphatic carbocycles. The molecule has 1 saturated heterocycles. The summed E-state index contributed by atoms with van der Waals surface area (Å²) in [4.78, 5) is 31.0. The SMILES string of the molecule is CCN1CCN(C(=O)CCN(CC(C)C)C(=O)c2ccoc2)CC1. The van der Waals surface area contributed by atoms with E-state index in [1.165, 1.54) is 12.5 Å². The van der Waals surface area contributed by atoms with Crippen molar-refractivity contribution in [2.24, 2.45) is 5.92 Å². The average Bonchev–Trinajstić information content (AvgIpc) is 3.12. The maximum Gasteiger partial charge on any atom is 0.257 e. The lowest BCUT2D eigenvalue weighted by Gasteiger charge is -2.34. The van der Waals surface area contributed by atoms with Gasteiger partial charge in [0.25, 0.3) is 5.91 Å². The second kappa shape index (κ2) is 8.87. The molecular formula is C18H29N3O3. The molecule has 2 rings (SSSR count). The fraction of sp³-hybridized carbons (Fsp3) is 0.667. The summed E-state index contributed by atoms with van der Waals surface area (Å²) in [6.07, 6.45) is 3.34. The number of carbonyl (C=O) groups excluding carboxylic acids is 2. The molecule has 1 aliphatic heterocycles. The Kier molecular flexibility index (Phi) is 6.85. The summed E-state index contributed by atoms with van der Waals surface area (Å²) in [7, 11) is 0. The number of hydrogen-bond donors (Lipinski definition) is 0. The van der Waals surface area contributed by atoms with Gasteiger partial charge in [-0.05, 0) is 18.5 Å². The lowest BCUT2D eigenvalue weighted by Crippen LogP contribution is -2.49. The Morgan fingerprint density at radius 1 is 1.25 bits per heavy atom. The summed E-state index contributed by atoms with van der Waals surface area (Å²) >= 11 is 0. The Morgan fingerprint density at radius 2 is 1.96 bits per heavy atom. The van der Waals surface area contributed by atoms with Gasteiger partial charge in [0.1, 0.15) is 6.26 Å². The quantitative estimate of drug-likeness (QED) is 0.764. The first-order valence-corrected chi connectivity index (χ1v) is 8.82. The van der Waals surface area contributed by atoms with E-state index in [1.807, 2.05) is 4.90 Å². The van der Waals surface area contributed by atoms with Gasteiger partial charge in [0.2, 0.25) is 5.91 Å². The number of amides is 2. The zero-order valence-electron chi connectivity index (χ0n) is 15.0. The Bertz CT molecular complexity index is 520. The van der Waals surface area contributed by atoms with E-state index in [0.29, 0.717) is 31.0 Å². The molecule has 2 heterocycles. The summed E-state index contributed by atoms with van der Waals surface area (Å²) < 4.78 is 5.00. The minimum atomic E-state index is -0.0685. The van der Waals surface area contributed by atoms with Gasteiger partial charge in [-0.2, -0.15) is 0 Å². The summed E-state index contributed by atoms with van der Waals surface area (Å²) in [6, 6.07) is 1.67. The zero-order chi connectivity index (χ0) is 17.5. The molecule has 0 saturated carbocycles. The van der Waals surface area contributed by atoms with Gasteiger partial charge < -0.3 is 19.1 Å². The highest BCUT2D eigenvalue weighted by atomic mass is 16.3. The molecule has 0 unspecified atom stereocenters. The van der Waals surface area contributed by atoms with Crippen molar-refractivity contribution in [3.63, 3.8) is 0 Å². The highest BCUT2D eigenvalue weighted by molar-refractivity contribution is 5.94. The van der Waals surface area contributed by atoms with Crippen LogP contribution < -0.4 is 0 Å². The van der Waals surface area contributed by atoms with E-state index >= 15 is 0 Å². The van der Waals surface area contributed by atoms with Crippen molar-refractivity contribution < 1.29 is 14.0 Å². The second-order valence-corrected chi connectivity index (χ2v) is 6.72. The van der Waals surface area contributed by atoms with Crippen LogP contribution >= 0.6 is 0 Å². The second-order valence-electron chi connectivity index (χ2n) is 6.72. The number of hydrogen-bond acceptors (Lipinski definition) is 4. The molecule has 24 heavy (non-hydrogen) atoms. The molecule has 1 aromatic rings. The van der Waals surface area contributed by atoms with E-state index in [-0.39, 0.29) is 11.8 Å². The summed E-state index contributed by atoms with van der Waals surface area (Å²) in [6.45, 7) is 11.8. The summed E-state index contributed by atoms with van der Waals surface area (Å²) in [5.74, 6) is 0.421. The fourth-order valence-corrected chi connectivity index (χ4v) is 2.99. The maximum absolute atomic E-state index is 12.5. The van der Waals surface area contributed by atoms with Crippen LogP contribution in [-0.2, 0) is 4.79 Å². The minimum Gasteiger partial charge on any atom is -0.472 e. The number of nitrogens with zero attached hydrogens (tertiary/aromatic N) is 3. The molecule has 0 spiro atoms. The lowest BCUT2D eigenvalue weighted by atomic mass is 10.1. The van der Waals surface area contributed by atoms with E-state index in [4.69, 9.17) is 4.42 Å². The van der Waals surface area contributed by atoms with Crippen molar-refractivity contribution in [2.75, 3.05) is 45.8 Å². The van der Waals surface area contributed by atoms with Gasteiger partial charge in [0.05, 0.1) is 11.8 Å². The number of rotatable bonds is 7. The first kappa shape index (κ1) is 18.5. The normalized spacial score (nSPS) is 15.8. The summed E-state index contributed by atoms with van der Waals surface area (Å²) in [5.41, 5.74) is 0.541. The number of carbonyl (C=O) groups is 2. The van der Waals surface area contributed by atoms with Crippen LogP contribution in [0.4, 0.5) is 0 Å². The molecule has 6 nitrogen and oxygen atoms in total. The number of likely N-dealkylation sites (N-methyl/N-ethyl adjacent to an activating group) is 1. The van der Waals surface area contributed by atoms with Crippen LogP contribution in [0.5, 0.6) is 0 Å². The first-order valence-electron chi connectivity index (χ1n) is 8.82. The third-order valence-corrected chi connectivity index (χ3v) is 4.41. The number of furan rings is 1. The Balaban J connectivity index is 1.88. The van der Waals surface area contributed by atoms with Crippen molar-refractivity contribution in [1.29, 1.82) is 0 Å². The highest BCUT2D eigenvalue weighted by Gasteiger charge is 2.23. The van der Waals surface area contributed by atoms with Crippen LogP contribution in [0.1, 0.15) is 37.6 Å². The Hall–Kier alpha value is -1.82. The predicted molar refractivity (Wildman–Crippen MR) is 92.8 cm³/mol. The molecule has 1 aromatic heterocycles. The standard InChI is InChI=1S/C18H29N3O3/c1-4-19-8-10-20(11-9-19)17(22)5-7-21(13-15(2)3)18(23)16-6-12-24-14-16/h6,12,14-15H,4-5,7-11,13H2,1-3H3. The van der Waals surface area contributed by atoms with Gasteiger partial charge in [-0.25, -0.2) is 0 Å². The van der Waals surface area contributed by atoms with Crippen LogP contribution in [0, 0.1) is 5.92 Å². The molecule has 0 bridgehead atoms.